The van der Waals surface area contributed by atoms with Crippen molar-refractivity contribution in [2.75, 3.05) is 13.2 Å². The Morgan fingerprint density at radius 1 is 0.514 bits per heavy atom. The van der Waals surface area contributed by atoms with E-state index in [4.69, 9.17) is 14.2 Å². The Morgan fingerprint density at radius 2 is 0.905 bits per heavy atom. The first kappa shape index (κ1) is 69.9. The summed E-state index contributed by atoms with van der Waals surface area (Å²) in [6.07, 6.45) is 50.6. The number of unbranched alkanes of at least 4 members (excludes halogenated alkanes) is 35. The summed E-state index contributed by atoms with van der Waals surface area (Å²) in [6.45, 7) is 5.75. The van der Waals surface area contributed by atoms with Gasteiger partial charge in [-0.15, -0.1) is 0 Å². The van der Waals surface area contributed by atoms with Crippen molar-refractivity contribution in [3.63, 3.8) is 0 Å². The summed E-state index contributed by atoms with van der Waals surface area (Å²) >= 11 is 0. The number of allylic oxidation sites excluding steroid dienone is 5. The van der Waals surface area contributed by atoms with Crippen molar-refractivity contribution in [3.05, 3.63) is 36.5 Å². The molecule has 11 heteroatoms. The summed E-state index contributed by atoms with van der Waals surface area (Å²) in [7, 11) is 0. The highest BCUT2D eigenvalue weighted by Crippen LogP contribution is 2.26. The molecular weight excluding hydrogens is 931 g/mol. The van der Waals surface area contributed by atoms with Crippen molar-refractivity contribution in [2.24, 2.45) is 0 Å². The van der Waals surface area contributed by atoms with Gasteiger partial charge in [0.2, 0.25) is 5.91 Å². The summed E-state index contributed by atoms with van der Waals surface area (Å²) in [5.74, 6) is -1.20. The van der Waals surface area contributed by atoms with Crippen LogP contribution in [-0.4, -0.2) is 99.6 Å². The molecule has 0 aromatic heterocycles. The zero-order chi connectivity index (χ0) is 54.0. The third kappa shape index (κ3) is 39.3. The Bertz CT molecular complexity index is 1340. The predicted molar refractivity (Wildman–Crippen MR) is 306 cm³/mol. The molecule has 8 atom stereocenters. The van der Waals surface area contributed by atoms with Crippen LogP contribution in [0.3, 0.4) is 0 Å². The third-order valence-electron chi connectivity index (χ3n) is 14.8. The molecule has 1 amide bonds. The van der Waals surface area contributed by atoms with Crippen molar-refractivity contribution in [2.45, 2.75) is 339 Å². The number of ether oxygens (including phenoxy) is 3. The Balaban J connectivity index is 2.62. The van der Waals surface area contributed by atoms with E-state index in [0.717, 1.165) is 77.0 Å². The molecule has 11 nitrogen and oxygen atoms in total. The average Bonchev–Trinajstić information content (AvgIpc) is 3.40. The van der Waals surface area contributed by atoms with E-state index in [0.29, 0.717) is 19.3 Å². The minimum absolute atomic E-state index is 0.115. The van der Waals surface area contributed by atoms with Crippen LogP contribution in [0.25, 0.3) is 0 Å². The molecule has 1 aliphatic rings. The smallest absolute Gasteiger partial charge is 0.306 e. The molecular formula is C63H117NO10. The Kier molecular flexibility index (Phi) is 48.8. The third-order valence-corrected chi connectivity index (χ3v) is 14.8. The second-order valence-electron chi connectivity index (χ2n) is 21.8. The van der Waals surface area contributed by atoms with Crippen LogP contribution in [-0.2, 0) is 23.8 Å². The maximum absolute atomic E-state index is 13.4. The number of aliphatic hydroxyl groups is 5. The molecule has 1 rings (SSSR count). The summed E-state index contributed by atoms with van der Waals surface area (Å²) in [5.41, 5.74) is 0. The van der Waals surface area contributed by atoms with E-state index in [-0.39, 0.29) is 13.0 Å². The van der Waals surface area contributed by atoms with Crippen molar-refractivity contribution < 1.29 is 49.3 Å². The summed E-state index contributed by atoms with van der Waals surface area (Å²) in [5, 5.41) is 56.9. The lowest BCUT2D eigenvalue weighted by Crippen LogP contribution is -2.61. The molecule has 8 unspecified atom stereocenters. The SMILES string of the molecule is CCCC/C=C\CCCCCCCC(=O)OC1C(OCC(NC(=O)C(O)CCCCCCCCCCCCCC/C=C/CCCCCCCC)C(O)/C=C/CCCCCCCCCCCC)OC(CO)C(O)C1O. The van der Waals surface area contributed by atoms with Crippen LogP contribution in [0.1, 0.15) is 290 Å². The van der Waals surface area contributed by atoms with Gasteiger partial charge in [-0.25, -0.2) is 0 Å². The van der Waals surface area contributed by atoms with Crippen molar-refractivity contribution in [1.82, 2.24) is 5.32 Å². The lowest BCUT2D eigenvalue weighted by Gasteiger charge is -2.41. The first-order valence-electron chi connectivity index (χ1n) is 31.3. The molecule has 1 aliphatic heterocycles. The number of rotatable bonds is 53. The minimum Gasteiger partial charge on any atom is -0.454 e. The van der Waals surface area contributed by atoms with Crippen LogP contribution in [0.4, 0.5) is 0 Å². The van der Waals surface area contributed by atoms with E-state index in [9.17, 15) is 35.1 Å². The molecule has 0 bridgehead atoms. The van der Waals surface area contributed by atoms with Crippen molar-refractivity contribution in [1.29, 1.82) is 0 Å². The van der Waals surface area contributed by atoms with Crippen molar-refractivity contribution >= 4 is 11.9 Å². The fourth-order valence-electron chi connectivity index (χ4n) is 9.75. The van der Waals surface area contributed by atoms with E-state index in [1.54, 1.807) is 6.08 Å². The largest absolute Gasteiger partial charge is 0.454 e. The Morgan fingerprint density at radius 3 is 1.35 bits per heavy atom. The van der Waals surface area contributed by atoms with E-state index in [1.165, 1.54) is 167 Å². The highest BCUT2D eigenvalue weighted by Gasteiger charge is 2.47. The second kappa shape index (κ2) is 51.6. The molecule has 74 heavy (non-hydrogen) atoms. The maximum Gasteiger partial charge on any atom is 0.306 e. The number of amides is 1. The second-order valence-corrected chi connectivity index (χ2v) is 21.8. The molecule has 0 saturated carbocycles. The van der Waals surface area contributed by atoms with E-state index >= 15 is 0 Å². The number of hydrogen-bond acceptors (Lipinski definition) is 10. The monoisotopic (exact) mass is 1050 g/mol. The summed E-state index contributed by atoms with van der Waals surface area (Å²) in [6, 6.07) is -1.02. The van der Waals surface area contributed by atoms with Crippen LogP contribution in [0.2, 0.25) is 0 Å². The van der Waals surface area contributed by atoms with Gasteiger partial charge in [0.05, 0.1) is 25.4 Å². The minimum atomic E-state index is -1.61. The maximum atomic E-state index is 13.4. The van der Waals surface area contributed by atoms with Gasteiger partial charge in [0, 0.05) is 6.42 Å². The molecule has 1 fully saturated rings. The van der Waals surface area contributed by atoms with Gasteiger partial charge in [0.1, 0.15) is 24.4 Å². The van der Waals surface area contributed by atoms with Gasteiger partial charge < -0.3 is 45.1 Å². The molecule has 1 heterocycles. The van der Waals surface area contributed by atoms with E-state index in [2.05, 4.69) is 50.4 Å². The predicted octanol–water partition coefficient (Wildman–Crippen LogP) is 14.7. The zero-order valence-corrected chi connectivity index (χ0v) is 48.0. The van der Waals surface area contributed by atoms with Gasteiger partial charge in [-0.05, 0) is 70.6 Å². The number of esters is 1. The number of aliphatic hydroxyl groups excluding tert-OH is 5. The molecule has 1 saturated heterocycles. The molecule has 0 aromatic rings. The van der Waals surface area contributed by atoms with Gasteiger partial charge >= 0.3 is 5.97 Å². The molecule has 0 aliphatic carbocycles. The van der Waals surface area contributed by atoms with Gasteiger partial charge in [-0.1, -0.05) is 250 Å². The summed E-state index contributed by atoms with van der Waals surface area (Å²) < 4.78 is 17.6. The number of nitrogens with one attached hydrogen (secondary N) is 1. The first-order valence-corrected chi connectivity index (χ1v) is 31.3. The number of hydrogen-bond donors (Lipinski definition) is 6. The van der Waals surface area contributed by atoms with Crippen LogP contribution < -0.4 is 5.32 Å². The molecule has 0 spiro atoms. The molecule has 434 valence electrons. The van der Waals surface area contributed by atoms with Gasteiger partial charge in [0.25, 0.3) is 0 Å². The van der Waals surface area contributed by atoms with Gasteiger partial charge in [0.15, 0.2) is 12.4 Å². The first-order chi connectivity index (χ1) is 36.2. The van der Waals surface area contributed by atoms with Crippen LogP contribution in [0, 0.1) is 0 Å². The van der Waals surface area contributed by atoms with Crippen LogP contribution in [0.15, 0.2) is 36.5 Å². The Labute approximate surface area is 453 Å². The fraction of sp³-hybridized carbons (Fsp3) is 0.873. The van der Waals surface area contributed by atoms with E-state index in [1.807, 2.05) is 6.08 Å². The van der Waals surface area contributed by atoms with Crippen LogP contribution in [0.5, 0.6) is 0 Å². The average molecular weight is 1050 g/mol. The lowest BCUT2D eigenvalue weighted by molar-refractivity contribution is -0.305. The van der Waals surface area contributed by atoms with E-state index < -0.39 is 67.4 Å². The molecule has 0 aromatic carbocycles. The standard InChI is InChI=1S/C63H117NO10/c1-4-7-10-13-16-19-22-24-25-26-27-28-29-30-31-32-33-36-38-41-44-47-50-56(67)62(71)64-54(55(66)49-46-43-40-37-35-23-20-17-14-11-8-5-2)53-72-63-61(60(70)59(69)57(52-65)73-63)74-58(68)51-48-45-42-39-34-21-18-15-12-9-6-3/h15,18,24-25,46,49,54-57,59-61,63,65-67,69-70H,4-14,16-17,19-23,26-45,47-48,50-53H2,1-3H3,(H,64,71)/b18-15-,25-24+,49-46+. The topological polar surface area (TPSA) is 175 Å². The number of carbonyl (C=O) groups is 2. The van der Waals surface area contributed by atoms with Crippen LogP contribution >= 0.6 is 0 Å². The fourth-order valence-corrected chi connectivity index (χ4v) is 9.75. The molecule has 0 radical (unpaired) electrons. The Hall–Kier alpha value is -2.12. The lowest BCUT2D eigenvalue weighted by atomic mass is 9.99. The number of carbonyl (C=O) groups excluding carboxylic acids is 2. The highest BCUT2D eigenvalue weighted by atomic mass is 16.7. The normalized spacial score (nSPS) is 19.5. The van der Waals surface area contributed by atoms with Gasteiger partial charge in [-0.2, -0.15) is 0 Å². The summed E-state index contributed by atoms with van der Waals surface area (Å²) in [4.78, 5) is 26.5. The molecule has 6 N–H and O–H groups in total. The zero-order valence-electron chi connectivity index (χ0n) is 48.0. The van der Waals surface area contributed by atoms with Gasteiger partial charge in [-0.3, -0.25) is 9.59 Å². The highest BCUT2D eigenvalue weighted by molar-refractivity contribution is 5.80. The quantitative estimate of drug-likeness (QED) is 0.0195. The van der Waals surface area contributed by atoms with Crippen molar-refractivity contribution in [3.8, 4) is 0 Å².